The molecule has 1 spiro atoms. The molecule has 2 fully saturated rings. The van der Waals surface area contributed by atoms with Gasteiger partial charge in [0.2, 0.25) is 5.91 Å². The van der Waals surface area contributed by atoms with E-state index < -0.39 is 6.04 Å². The number of nitrogens with zero attached hydrogens (tertiary/aromatic N) is 4. The third kappa shape index (κ3) is 5.14. The molecule has 2 aliphatic heterocycles. The summed E-state index contributed by atoms with van der Waals surface area (Å²) >= 11 is 0. The van der Waals surface area contributed by atoms with Gasteiger partial charge in [0, 0.05) is 32.2 Å². The Kier molecular flexibility index (Phi) is 9.77. The van der Waals surface area contributed by atoms with E-state index in [-0.39, 0.29) is 47.7 Å². The van der Waals surface area contributed by atoms with Crippen LogP contribution in [-0.4, -0.2) is 95.3 Å². The van der Waals surface area contributed by atoms with Crippen molar-refractivity contribution < 1.29 is 38.7 Å². The number of hydrogen-bond acceptors (Lipinski definition) is 5. The average Bonchev–Trinajstić information content (AvgIpc) is 2.91. The van der Waals surface area contributed by atoms with Crippen molar-refractivity contribution in [1.29, 1.82) is 0 Å². The maximum atomic E-state index is 12.7. The Morgan fingerprint density at radius 1 is 1.22 bits per heavy atom. The van der Waals surface area contributed by atoms with Crippen LogP contribution in [0.1, 0.15) is 26.7 Å². The van der Waals surface area contributed by atoms with E-state index in [2.05, 4.69) is 11.5 Å². The number of amides is 3. The standard InChI is InChI=1S/C18H29N4O3.Li.H2O/c1-6-16(24)22-12-18(19(4)13-22)7-9-21(10-8-18)17(25)20(5)15(11-23)14(2)3;;/h6,14-15H,1,7-10,12-13H2,2-5H3;;1H2/q-1;+1;/p-1/t15-;;/m1../s1. The SMILES string of the molecule is C=CC(=O)N1CN(C)C2(CCN(C(=O)N(C)[C@H]([C-]=O)C(C)C)CC2)C1.[Li+].[OH-]. The van der Waals surface area contributed by atoms with Gasteiger partial charge >= 0.3 is 24.9 Å². The second-order valence-electron chi connectivity index (χ2n) is 7.49. The monoisotopic (exact) mass is 373 g/mol. The normalized spacial score (nSPS) is 19.9. The van der Waals surface area contributed by atoms with E-state index >= 15 is 0 Å². The second kappa shape index (κ2) is 10.3. The van der Waals surface area contributed by atoms with Crippen LogP contribution in [0, 0.1) is 5.92 Å². The van der Waals surface area contributed by atoms with Gasteiger partial charge in [-0.3, -0.25) is 9.69 Å². The fraction of sp³-hybridized carbons (Fsp3) is 0.722. The van der Waals surface area contributed by atoms with Crippen LogP contribution < -0.4 is 18.9 Å². The summed E-state index contributed by atoms with van der Waals surface area (Å²) in [5.41, 5.74) is -0.0811. The molecule has 27 heavy (non-hydrogen) atoms. The van der Waals surface area contributed by atoms with Gasteiger partial charge in [0.1, 0.15) is 0 Å². The summed E-state index contributed by atoms with van der Waals surface area (Å²) in [5, 5.41) is 0. The minimum absolute atomic E-state index is 0. The molecule has 2 aliphatic rings. The van der Waals surface area contributed by atoms with Gasteiger partial charge in [0.15, 0.2) is 0 Å². The molecule has 1 atom stereocenters. The van der Waals surface area contributed by atoms with Gasteiger partial charge in [0.05, 0.1) is 6.67 Å². The number of urea groups is 1. The van der Waals surface area contributed by atoms with Gasteiger partial charge < -0.3 is 25.0 Å². The van der Waals surface area contributed by atoms with E-state index in [4.69, 9.17) is 0 Å². The molecule has 148 valence electrons. The summed E-state index contributed by atoms with van der Waals surface area (Å²) < 4.78 is 0. The first-order valence-electron chi connectivity index (χ1n) is 8.77. The van der Waals surface area contributed by atoms with Crippen molar-refractivity contribution in [3.63, 3.8) is 0 Å². The Morgan fingerprint density at radius 2 is 1.78 bits per heavy atom. The van der Waals surface area contributed by atoms with Gasteiger partial charge in [0.25, 0.3) is 0 Å². The summed E-state index contributed by atoms with van der Waals surface area (Å²) in [5.74, 6) is -0.0229. The number of likely N-dealkylation sites (N-methyl/N-ethyl adjacent to an activating group) is 2. The van der Waals surface area contributed by atoms with Gasteiger partial charge in [-0.15, -0.1) is 0 Å². The Morgan fingerprint density at radius 3 is 2.22 bits per heavy atom. The van der Waals surface area contributed by atoms with Crippen molar-refractivity contribution in [1.82, 2.24) is 19.6 Å². The minimum atomic E-state index is -0.529. The quantitative estimate of drug-likeness (QED) is 0.315. The van der Waals surface area contributed by atoms with Crippen molar-refractivity contribution in [2.24, 2.45) is 5.92 Å². The maximum Gasteiger partial charge on any atom is 1.00 e. The Balaban J connectivity index is 0.00000338. The van der Waals surface area contributed by atoms with E-state index in [0.717, 1.165) is 12.8 Å². The molecule has 8 nitrogen and oxygen atoms in total. The molecular weight excluding hydrogens is 343 g/mol. The summed E-state index contributed by atoms with van der Waals surface area (Å²) in [4.78, 5) is 43.0. The largest absolute Gasteiger partial charge is 1.00 e. The van der Waals surface area contributed by atoms with Gasteiger partial charge in [-0.25, -0.2) is 11.1 Å². The van der Waals surface area contributed by atoms with Crippen LogP contribution in [-0.2, 0) is 9.59 Å². The maximum absolute atomic E-state index is 12.7. The molecule has 0 radical (unpaired) electrons. The number of rotatable bonds is 4. The van der Waals surface area contributed by atoms with Crippen molar-refractivity contribution in [3.05, 3.63) is 12.7 Å². The fourth-order valence-corrected chi connectivity index (χ4v) is 3.87. The van der Waals surface area contributed by atoms with E-state index in [9.17, 15) is 14.4 Å². The fourth-order valence-electron chi connectivity index (χ4n) is 3.87. The molecule has 3 amide bonds. The molecule has 2 rings (SSSR count). The number of carbonyl (C=O) groups is 2. The van der Waals surface area contributed by atoms with Crippen LogP contribution in [0.5, 0.6) is 0 Å². The topological polar surface area (TPSA) is 94.2 Å². The molecule has 1 N–H and O–H groups in total. The smallest absolute Gasteiger partial charge is 0.870 e. The molecule has 9 heteroatoms. The van der Waals surface area contributed by atoms with E-state index in [1.54, 1.807) is 16.8 Å². The van der Waals surface area contributed by atoms with Gasteiger partial charge in [-0.05, 0) is 26.0 Å². The molecule has 2 saturated heterocycles. The molecule has 0 aromatic carbocycles. The molecule has 0 saturated carbocycles. The Hall–Kier alpha value is -1.33. The van der Waals surface area contributed by atoms with Gasteiger partial charge in [-0.2, -0.15) is 0 Å². The Bertz CT molecular complexity index is 549. The second-order valence-corrected chi connectivity index (χ2v) is 7.49. The molecular formula is C18H30LiN4O4-. The summed E-state index contributed by atoms with van der Waals surface area (Å²) in [7, 11) is 3.69. The van der Waals surface area contributed by atoms with E-state index in [1.807, 2.05) is 27.2 Å². The number of piperidine rings is 1. The summed E-state index contributed by atoms with van der Waals surface area (Å²) in [6.45, 7) is 9.87. The van der Waals surface area contributed by atoms with Crippen molar-refractivity contribution in [3.8, 4) is 0 Å². The van der Waals surface area contributed by atoms with Gasteiger partial charge in [-0.1, -0.05) is 32.4 Å². The molecule has 0 aromatic heterocycles. The van der Waals surface area contributed by atoms with E-state index in [0.29, 0.717) is 26.3 Å². The third-order valence-corrected chi connectivity index (χ3v) is 5.60. The Labute approximate surface area is 174 Å². The summed E-state index contributed by atoms with van der Waals surface area (Å²) in [6.07, 6.45) is 4.93. The zero-order valence-electron chi connectivity index (χ0n) is 17.1. The molecule has 0 unspecified atom stereocenters. The van der Waals surface area contributed by atoms with Crippen LogP contribution in [0.3, 0.4) is 0 Å². The number of likely N-dealkylation sites (tertiary alicyclic amines) is 1. The average molecular weight is 373 g/mol. The summed E-state index contributed by atoms with van der Waals surface area (Å²) in [6, 6.07) is -0.658. The van der Waals surface area contributed by atoms with Crippen LogP contribution >= 0.6 is 0 Å². The third-order valence-electron chi connectivity index (χ3n) is 5.60. The van der Waals surface area contributed by atoms with Crippen LogP contribution in [0.2, 0.25) is 0 Å². The van der Waals surface area contributed by atoms with Crippen LogP contribution in [0.15, 0.2) is 12.7 Å². The predicted octanol–water partition coefficient (Wildman–Crippen LogP) is -2.25. The molecule has 2 heterocycles. The first-order valence-corrected chi connectivity index (χ1v) is 8.77. The van der Waals surface area contributed by atoms with Crippen molar-refractivity contribution in [2.75, 3.05) is 40.4 Å². The number of carbonyl (C=O) groups excluding carboxylic acids is 3. The minimum Gasteiger partial charge on any atom is -0.870 e. The van der Waals surface area contributed by atoms with Crippen LogP contribution in [0.25, 0.3) is 0 Å². The van der Waals surface area contributed by atoms with Crippen molar-refractivity contribution >= 4 is 18.2 Å². The molecule has 0 aromatic rings. The predicted molar refractivity (Wildman–Crippen MR) is 97.5 cm³/mol. The van der Waals surface area contributed by atoms with Crippen molar-refractivity contribution in [2.45, 2.75) is 38.3 Å². The first-order chi connectivity index (χ1) is 11.8. The molecule has 0 bridgehead atoms. The molecule has 0 aliphatic carbocycles. The number of hydrogen-bond donors (Lipinski definition) is 0. The van der Waals surface area contributed by atoms with E-state index in [1.165, 1.54) is 11.0 Å². The van der Waals surface area contributed by atoms with Crippen LogP contribution in [0.4, 0.5) is 4.79 Å². The zero-order chi connectivity index (χ0) is 18.8. The first kappa shape index (κ1) is 25.7. The zero-order valence-corrected chi connectivity index (χ0v) is 17.1.